The highest BCUT2D eigenvalue weighted by atomic mass is 19.1. The highest BCUT2D eigenvalue weighted by Crippen LogP contribution is 2.39. The molecule has 0 bridgehead atoms. The maximum Gasteiger partial charge on any atom is 0.276 e. The molecule has 1 aliphatic carbocycles. The smallest absolute Gasteiger partial charge is 0.276 e. The van der Waals surface area contributed by atoms with E-state index in [0.717, 1.165) is 25.3 Å². The van der Waals surface area contributed by atoms with Crippen molar-refractivity contribution in [3.05, 3.63) is 63.1 Å². The van der Waals surface area contributed by atoms with Gasteiger partial charge in [0.05, 0.1) is 18.7 Å². The van der Waals surface area contributed by atoms with Gasteiger partial charge in [-0.25, -0.2) is 8.78 Å². The van der Waals surface area contributed by atoms with E-state index in [1.54, 1.807) is 4.90 Å². The van der Waals surface area contributed by atoms with Gasteiger partial charge in [0.1, 0.15) is 17.2 Å². The number of hydrogen-bond acceptors (Lipinski definition) is 5. The predicted molar refractivity (Wildman–Crippen MR) is 102 cm³/mol. The number of benzene rings is 1. The van der Waals surface area contributed by atoms with Crippen molar-refractivity contribution >= 4 is 11.8 Å². The summed E-state index contributed by atoms with van der Waals surface area (Å²) in [4.78, 5) is 39.8. The molecule has 31 heavy (non-hydrogen) atoms. The van der Waals surface area contributed by atoms with Crippen LogP contribution in [0.25, 0.3) is 0 Å². The molecule has 10 heteroatoms. The van der Waals surface area contributed by atoms with E-state index in [9.17, 15) is 28.3 Å². The summed E-state index contributed by atoms with van der Waals surface area (Å²) in [6, 6.07) is 2.85. The molecule has 3 atom stereocenters. The number of carbonyl (C=O) groups excluding carboxylic acids is 2. The summed E-state index contributed by atoms with van der Waals surface area (Å²) < 4.78 is 34.1. The maximum atomic E-state index is 13.8. The summed E-state index contributed by atoms with van der Waals surface area (Å²) in [5.74, 6) is -3.73. The molecule has 1 unspecified atom stereocenters. The number of nitrogens with zero attached hydrogens (tertiary/aromatic N) is 2. The standard InChI is InChI=1S/C21H19F2N3O5/c22-11-5-4-10(13(23)6-11)7-24-20(29)12-8-25-9-16-26(14-2-1-3-15(14)31-16)21(30)17(25)19(28)18(12)27/h4-6,8,14-16,28H,1-3,7,9H2,(H,24,29)/t14-,15+,16?/m0/s1. The Morgan fingerprint density at radius 2 is 2.06 bits per heavy atom. The number of halogens is 2. The topological polar surface area (TPSA) is 101 Å². The number of aromatic hydroxyl groups is 1. The van der Waals surface area contributed by atoms with Crippen LogP contribution in [0.4, 0.5) is 8.78 Å². The van der Waals surface area contributed by atoms with Crippen LogP contribution < -0.4 is 10.7 Å². The summed E-state index contributed by atoms with van der Waals surface area (Å²) in [6.07, 6.45) is 3.21. The van der Waals surface area contributed by atoms with Crippen LogP contribution in [0.2, 0.25) is 0 Å². The molecule has 3 heterocycles. The lowest BCUT2D eigenvalue weighted by atomic mass is 10.1. The first-order valence-electron chi connectivity index (χ1n) is 10.0. The van der Waals surface area contributed by atoms with Crippen molar-refractivity contribution < 1.29 is 28.2 Å². The third kappa shape index (κ3) is 3.09. The van der Waals surface area contributed by atoms with Crippen LogP contribution in [-0.2, 0) is 17.8 Å². The quantitative estimate of drug-likeness (QED) is 0.767. The van der Waals surface area contributed by atoms with Crippen LogP contribution in [0.15, 0.2) is 29.2 Å². The zero-order valence-electron chi connectivity index (χ0n) is 16.3. The number of pyridine rings is 1. The second kappa shape index (κ2) is 7.16. The molecule has 1 saturated heterocycles. The van der Waals surface area contributed by atoms with Crippen molar-refractivity contribution in [2.45, 2.75) is 50.7 Å². The Labute approximate surface area is 175 Å². The predicted octanol–water partition coefficient (Wildman–Crippen LogP) is 1.50. The number of amides is 2. The molecule has 0 spiro atoms. The molecule has 8 nitrogen and oxygen atoms in total. The average Bonchev–Trinajstić information content (AvgIpc) is 3.30. The second-order valence-electron chi connectivity index (χ2n) is 7.98. The molecular formula is C21H19F2N3O5. The minimum atomic E-state index is -0.988. The van der Waals surface area contributed by atoms with Crippen molar-refractivity contribution in [1.29, 1.82) is 0 Å². The lowest BCUT2D eigenvalue weighted by molar-refractivity contribution is -0.0178. The van der Waals surface area contributed by atoms with Crippen LogP contribution in [-0.4, -0.2) is 44.8 Å². The molecule has 162 valence electrons. The van der Waals surface area contributed by atoms with Gasteiger partial charge in [0.15, 0.2) is 17.7 Å². The fraction of sp³-hybridized carbons (Fsp3) is 0.381. The van der Waals surface area contributed by atoms with Crippen LogP contribution in [0, 0.1) is 11.6 Å². The Hall–Kier alpha value is -3.27. The van der Waals surface area contributed by atoms with Crippen molar-refractivity contribution in [1.82, 2.24) is 14.8 Å². The molecule has 2 N–H and O–H groups in total. The number of aromatic nitrogens is 1. The molecule has 3 aliphatic rings. The van der Waals surface area contributed by atoms with Gasteiger partial charge in [-0.15, -0.1) is 0 Å². The lowest BCUT2D eigenvalue weighted by Gasteiger charge is -2.34. The van der Waals surface area contributed by atoms with E-state index in [-0.39, 0.29) is 42.1 Å². The van der Waals surface area contributed by atoms with Gasteiger partial charge in [-0.2, -0.15) is 0 Å². The molecule has 1 aromatic heterocycles. The van der Waals surface area contributed by atoms with E-state index in [1.165, 1.54) is 16.8 Å². The molecule has 0 radical (unpaired) electrons. The average molecular weight is 431 g/mol. The number of nitrogens with one attached hydrogen (secondary N) is 1. The van der Waals surface area contributed by atoms with Gasteiger partial charge in [0.25, 0.3) is 11.8 Å². The summed E-state index contributed by atoms with van der Waals surface area (Å²) in [5.41, 5.74) is -1.51. The minimum absolute atomic E-state index is 0.0359. The molecule has 1 aromatic carbocycles. The lowest BCUT2D eigenvalue weighted by Crippen LogP contribution is -2.49. The Kier molecular flexibility index (Phi) is 4.54. The van der Waals surface area contributed by atoms with Crippen LogP contribution in [0.1, 0.15) is 45.7 Å². The maximum absolute atomic E-state index is 13.8. The Morgan fingerprint density at radius 3 is 2.84 bits per heavy atom. The van der Waals surface area contributed by atoms with Gasteiger partial charge in [0, 0.05) is 24.4 Å². The van der Waals surface area contributed by atoms with Gasteiger partial charge >= 0.3 is 0 Å². The van der Waals surface area contributed by atoms with E-state index in [1.807, 2.05) is 0 Å². The highest BCUT2D eigenvalue weighted by Gasteiger charge is 2.50. The van der Waals surface area contributed by atoms with Gasteiger partial charge in [0.2, 0.25) is 5.43 Å². The van der Waals surface area contributed by atoms with Crippen LogP contribution in [0.3, 0.4) is 0 Å². The van der Waals surface area contributed by atoms with E-state index < -0.39 is 40.9 Å². The van der Waals surface area contributed by atoms with Gasteiger partial charge in [-0.3, -0.25) is 14.4 Å². The van der Waals surface area contributed by atoms with E-state index in [0.29, 0.717) is 6.07 Å². The van der Waals surface area contributed by atoms with E-state index in [2.05, 4.69) is 5.32 Å². The molecule has 1 saturated carbocycles. The first-order chi connectivity index (χ1) is 14.8. The Balaban J connectivity index is 1.42. The summed E-state index contributed by atoms with van der Waals surface area (Å²) >= 11 is 0. The fourth-order valence-electron chi connectivity index (χ4n) is 4.68. The van der Waals surface area contributed by atoms with Crippen molar-refractivity contribution in [2.75, 3.05) is 0 Å². The number of hydrogen-bond donors (Lipinski definition) is 2. The molecule has 2 amide bonds. The van der Waals surface area contributed by atoms with Crippen molar-refractivity contribution in [3.63, 3.8) is 0 Å². The first-order valence-corrected chi connectivity index (χ1v) is 10.0. The number of fused-ring (bicyclic) bond motifs is 4. The fourth-order valence-corrected chi connectivity index (χ4v) is 4.68. The summed E-state index contributed by atoms with van der Waals surface area (Å²) in [6.45, 7) is -0.108. The SMILES string of the molecule is O=C(NCc1ccc(F)cc1F)c1cn2c(c(O)c1=O)C(=O)N1C(C2)O[C@@H]2CCC[C@@H]21. The number of rotatable bonds is 3. The number of carbonyl (C=O) groups is 2. The van der Waals surface area contributed by atoms with Crippen LogP contribution >= 0.6 is 0 Å². The molecule has 2 fully saturated rings. The van der Waals surface area contributed by atoms with Crippen molar-refractivity contribution in [2.24, 2.45) is 0 Å². The molecular weight excluding hydrogens is 412 g/mol. The van der Waals surface area contributed by atoms with Gasteiger partial charge in [-0.05, 0) is 25.3 Å². The Bertz CT molecular complexity index is 1160. The minimum Gasteiger partial charge on any atom is -0.503 e. The Morgan fingerprint density at radius 1 is 1.26 bits per heavy atom. The van der Waals surface area contributed by atoms with E-state index >= 15 is 0 Å². The zero-order valence-corrected chi connectivity index (χ0v) is 16.3. The van der Waals surface area contributed by atoms with Crippen molar-refractivity contribution in [3.8, 4) is 5.75 Å². The third-order valence-electron chi connectivity index (χ3n) is 6.16. The van der Waals surface area contributed by atoms with E-state index in [4.69, 9.17) is 4.74 Å². The summed E-state index contributed by atoms with van der Waals surface area (Å²) in [5, 5.41) is 12.8. The largest absolute Gasteiger partial charge is 0.503 e. The molecule has 5 rings (SSSR count). The normalized spacial score (nSPS) is 24.0. The van der Waals surface area contributed by atoms with Crippen LogP contribution in [0.5, 0.6) is 5.75 Å². The number of ether oxygens (including phenoxy) is 1. The highest BCUT2D eigenvalue weighted by molar-refractivity contribution is 5.99. The third-order valence-corrected chi connectivity index (χ3v) is 6.16. The molecule has 2 aliphatic heterocycles. The zero-order chi connectivity index (χ0) is 21.9. The van der Waals surface area contributed by atoms with Gasteiger partial charge in [-0.1, -0.05) is 6.07 Å². The monoisotopic (exact) mass is 431 g/mol. The van der Waals surface area contributed by atoms with Gasteiger partial charge < -0.3 is 24.6 Å². The first kappa shape index (κ1) is 19.7. The summed E-state index contributed by atoms with van der Waals surface area (Å²) in [7, 11) is 0. The molecule has 2 aromatic rings. The second-order valence-corrected chi connectivity index (χ2v) is 7.98.